The van der Waals surface area contributed by atoms with E-state index in [9.17, 15) is 18.0 Å². The van der Waals surface area contributed by atoms with Gasteiger partial charge in [-0.2, -0.15) is 0 Å². The molecule has 2 amide bonds. The second-order valence-corrected chi connectivity index (χ2v) is 10.2. The van der Waals surface area contributed by atoms with Gasteiger partial charge in [-0.05, 0) is 50.1 Å². The maximum atomic E-state index is 13.5. The van der Waals surface area contributed by atoms with Gasteiger partial charge in [-0.1, -0.05) is 25.1 Å². The Hall–Kier alpha value is -3.27. The van der Waals surface area contributed by atoms with Crippen LogP contribution in [0.5, 0.6) is 11.5 Å². The zero-order valence-corrected chi connectivity index (χ0v) is 22.0. The Labute approximate surface area is 208 Å². The molecule has 0 unspecified atom stereocenters. The van der Waals surface area contributed by atoms with Gasteiger partial charge in [-0.3, -0.25) is 13.9 Å². The van der Waals surface area contributed by atoms with Crippen LogP contribution >= 0.6 is 0 Å². The molecular weight excluding hydrogens is 470 g/mol. The molecule has 0 fully saturated rings. The number of carbonyl (C=O) groups excluding carboxylic acids is 2. The number of ether oxygens (including phenoxy) is 2. The topological polar surface area (TPSA) is 105 Å². The number of sulfonamides is 1. The molecule has 2 aromatic rings. The fraction of sp³-hybridized carbons (Fsp3) is 0.440. The number of nitrogens with one attached hydrogen (secondary N) is 1. The molecule has 0 bridgehead atoms. The van der Waals surface area contributed by atoms with Crippen molar-refractivity contribution in [3.63, 3.8) is 0 Å². The molecule has 9 nitrogen and oxygen atoms in total. The summed E-state index contributed by atoms with van der Waals surface area (Å²) < 4.78 is 36.7. The number of hydrogen-bond donors (Lipinski definition) is 1. The van der Waals surface area contributed by atoms with E-state index in [4.69, 9.17) is 9.47 Å². The summed E-state index contributed by atoms with van der Waals surface area (Å²) in [6.45, 7) is 5.12. The minimum atomic E-state index is -3.81. The summed E-state index contributed by atoms with van der Waals surface area (Å²) in [5.74, 6) is 0.296. The predicted octanol–water partition coefficient (Wildman–Crippen LogP) is 2.80. The summed E-state index contributed by atoms with van der Waals surface area (Å²) in [7, 11) is -0.774. The first kappa shape index (κ1) is 28.0. The van der Waals surface area contributed by atoms with Gasteiger partial charge in [0.1, 0.15) is 24.1 Å². The van der Waals surface area contributed by atoms with Crippen molar-refractivity contribution in [1.29, 1.82) is 0 Å². The molecule has 10 heteroatoms. The molecule has 35 heavy (non-hydrogen) atoms. The largest absolute Gasteiger partial charge is 0.497 e. The van der Waals surface area contributed by atoms with Crippen LogP contribution in [0.15, 0.2) is 48.5 Å². The smallest absolute Gasteiger partial charge is 0.244 e. The lowest BCUT2D eigenvalue weighted by Crippen LogP contribution is -2.52. The first-order valence-corrected chi connectivity index (χ1v) is 13.2. The van der Waals surface area contributed by atoms with Crippen LogP contribution in [0.3, 0.4) is 0 Å². The Bertz CT molecular complexity index is 1100. The molecule has 2 aromatic carbocycles. The zero-order chi connectivity index (χ0) is 26.2. The average molecular weight is 506 g/mol. The Morgan fingerprint density at radius 3 is 2.17 bits per heavy atom. The lowest BCUT2D eigenvalue weighted by Gasteiger charge is -2.32. The summed E-state index contributed by atoms with van der Waals surface area (Å²) in [5.41, 5.74) is 1.07. The molecular formula is C25H35N3O6S. The monoisotopic (exact) mass is 505 g/mol. The Balaban J connectivity index is 2.39. The molecule has 0 radical (unpaired) electrons. The number of amides is 2. The molecule has 0 aliphatic rings. The molecule has 0 aromatic heterocycles. The fourth-order valence-electron chi connectivity index (χ4n) is 3.36. The van der Waals surface area contributed by atoms with Crippen molar-refractivity contribution in [1.82, 2.24) is 10.2 Å². The van der Waals surface area contributed by atoms with E-state index < -0.39 is 28.5 Å². The maximum Gasteiger partial charge on any atom is 0.244 e. The van der Waals surface area contributed by atoms with E-state index >= 15 is 0 Å². The van der Waals surface area contributed by atoms with E-state index in [1.165, 1.54) is 12.0 Å². The van der Waals surface area contributed by atoms with Crippen LogP contribution < -0.4 is 19.1 Å². The van der Waals surface area contributed by atoms with Crippen molar-refractivity contribution in [2.24, 2.45) is 0 Å². The van der Waals surface area contributed by atoms with Crippen LogP contribution in [0.2, 0.25) is 0 Å². The van der Waals surface area contributed by atoms with E-state index in [2.05, 4.69) is 5.32 Å². The SMILES string of the molecule is CC[C@@H](C)NC(=O)[C@@H](C)N(Cc1ccc(OC)cc1)C(=O)CN(c1cccc(OC)c1)S(C)(=O)=O. The molecule has 0 aliphatic carbocycles. The fourth-order valence-corrected chi connectivity index (χ4v) is 4.20. The van der Waals surface area contributed by atoms with Gasteiger partial charge in [-0.25, -0.2) is 8.42 Å². The van der Waals surface area contributed by atoms with E-state index in [1.807, 2.05) is 13.8 Å². The highest BCUT2D eigenvalue weighted by molar-refractivity contribution is 7.92. The zero-order valence-electron chi connectivity index (χ0n) is 21.1. The lowest BCUT2D eigenvalue weighted by molar-refractivity contribution is -0.139. The highest BCUT2D eigenvalue weighted by Gasteiger charge is 2.30. The number of carbonyl (C=O) groups is 2. The molecule has 1 N–H and O–H groups in total. The molecule has 2 rings (SSSR count). The van der Waals surface area contributed by atoms with Gasteiger partial charge in [0.05, 0.1) is 26.2 Å². The minimum Gasteiger partial charge on any atom is -0.497 e. The van der Waals surface area contributed by atoms with Crippen LogP contribution in [0.25, 0.3) is 0 Å². The summed E-state index contributed by atoms with van der Waals surface area (Å²) >= 11 is 0. The second kappa shape index (κ2) is 12.4. The molecule has 0 spiro atoms. The normalized spacial score (nSPS) is 12.9. The highest BCUT2D eigenvalue weighted by Crippen LogP contribution is 2.24. The molecule has 0 saturated heterocycles. The van der Waals surface area contributed by atoms with E-state index in [1.54, 1.807) is 62.6 Å². The highest BCUT2D eigenvalue weighted by atomic mass is 32.2. The van der Waals surface area contributed by atoms with E-state index in [-0.39, 0.29) is 18.5 Å². The van der Waals surface area contributed by atoms with Crippen LogP contribution in [-0.4, -0.2) is 64.2 Å². The van der Waals surface area contributed by atoms with Crippen LogP contribution in [0, 0.1) is 0 Å². The van der Waals surface area contributed by atoms with Gasteiger partial charge in [0, 0.05) is 18.7 Å². The first-order valence-electron chi connectivity index (χ1n) is 11.3. The average Bonchev–Trinajstić information content (AvgIpc) is 2.84. The third-order valence-corrected chi connectivity index (χ3v) is 6.84. The van der Waals surface area contributed by atoms with Gasteiger partial charge < -0.3 is 19.7 Å². The van der Waals surface area contributed by atoms with Crippen molar-refractivity contribution in [2.75, 3.05) is 31.3 Å². The molecule has 2 atom stereocenters. The number of anilines is 1. The van der Waals surface area contributed by atoms with Crippen molar-refractivity contribution in [2.45, 2.75) is 45.8 Å². The minimum absolute atomic E-state index is 0.0628. The van der Waals surface area contributed by atoms with Gasteiger partial charge in [-0.15, -0.1) is 0 Å². The number of nitrogens with zero attached hydrogens (tertiary/aromatic N) is 2. The predicted molar refractivity (Wildman–Crippen MR) is 136 cm³/mol. The first-order chi connectivity index (χ1) is 16.5. The quantitative estimate of drug-likeness (QED) is 0.476. The van der Waals surface area contributed by atoms with Gasteiger partial charge in [0.15, 0.2) is 0 Å². The Kier molecular flexibility index (Phi) is 9.94. The van der Waals surface area contributed by atoms with E-state index in [0.717, 1.165) is 22.5 Å². The van der Waals surface area contributed by atoms with Crippen molar-refractivity contribution >= 4 is 27.5 Å². The summed E-state index contributed by atoms with van der Waals surface area (Å²) in [6.07, 6.45) is 1.77. The second-order valence-electron chi connectivity index (χ2n) is 8.33. The number of methoxy groups -OCH3 is 2. The molecule has 0 heterocycles. The summed E-state index contributed by atoms with van der Waals surface area (Å²) in [5, 5.41) is 2.90. The van der Waals surface area contributed by atoms with Crippen molar-refractivity contribution < 1.29 is 27.5 Å². The summed E-state index contributed by atoms with van der Waals surface area (Å²) in [4.78, 5) is 27.8. The standard InChI is InChI=1S/C25H35N3O6S/c1-7-18(2)26-25(30)19(3)27(16-20-11-13-22(33-4)14-12-20)24(29)17-28(35(6,31)32)21-9-8-10-23(15-21)34-5/h8-15,18-19H,7,16-17H2,1-6H3,(H,26,30)/t18-,19-/m1/s1. The maximum absolute atomic E-state index is 13.5. The van der Waals surface area contributed by atoms with Crippen molar-refractivity contribution in [3.05, 3.63) is 54.1 Å². The Morgan fingerprint density at radius 2 is 1.63 bits per heavy atom. The van der Waals surface area contributed by atoms with Gasteiger partial charge in [0.2, 0.25) is 21.8 Å². The Morgan fingerprint density at radius 1 is 1.00 bits per heavy atom. The van der Waals surface area contributed by atoms with Crippen LogP contribution in [0.1, 0.15) is 32.8 Å². The number of hydrogen-bond acceptors (Lipinski definition) is 6. The van der Waals surface area contributed by atoms with Crippen LogP contribution in [-0.2, 0) is 26.2 Å². The molecule has 0 aliphatic heterocycles. The van der Waals surface area contributed by atoms with Crippen molar-refractivity contribution in [3.8, 4) is 11.5 Å². The number of benzene rings is 2. The molecule has 192 valence electrons. The third kappa shape index (κ3) is 7.88. The molecule has 0 saturated carbocycles. The third-order valence-electron chi connectivity index (χ3n) is 5.70. The van der Waals surface area contributed by atoms with Crippen LogP contribution in [0.4, 0.5) is 5.69 Å². The number of rotatable bonds is 12. The van der Waals surface area contributed by atoms with E-state index in [0.29, 0.717) is 17.2 Å². The van der Waals surface area contributed by atoms with Gasteiger partial charge in [0.25, 0.3) is 0 Å². The summed E-state index contributed by atoms with van der Waals surface area (Å²) in [6, 6.07) is 12.7. The lowest BCUT2D eigenvalue weighted by atomic mass is 10.1. The van der Waals surface area contributed by atoms with Gasteiger partial charge >= 0.3 is 0 Å².